The number of aromatic nitrogens is 2. The molecule has 82 valence electrons. The first kappa shape index (κ1) is 11.3. The van der Waals surface area contributed by atoms with Gasteiger partial charge in [0, 0.05) is 6.07 Å². The molecule has 0 saturated carbocycles. The van der Waals surface area contributed by atoms with Gasteiger partial charge in [0.1, 0.15) is 23.0 Å². The van der Waals surface area contributed by atoms with Crippen molar-refractivity contribution in [2.24, 2.45) is 0 Å². The molecule has 3 nitrogen and oxygen atoms in total. The minimum atomic E-state index is -0.347. The fourth-order valence-corrected chi connectivity index (χ4v) is 1.61. The van der Waals surface area contributed by atoms with Crippen molar-refractivity contribution in [2.45, 2.75) is 0 Å². The Morgan fingerprint density at radius 2 is 2.06 bits per heavy atom. The second-order valence-electron chi connectivity index (χ2n) is 2.86. The number of hydrogen-bond donors (Lipinski definition) is 0. The van der Waals surface area contributed by atoms with Gasteiger partial charge in [0.15, 0.2) is 0 Å². The molecule has 0 fully saturated rings. The summed E-state index contributed by atoms with van der Waals surface area (Å²) in [4.78, 5) is 7.59. The highest BCUT2D eigenvalue weighted by molar-refractivity contribution is 9.10. The molecule has 0 amide bonds. The molecular weight excluding hydrogens is 298 g/mol. The third-order valence-corrected chi connectivity index (χ3v) is 2.54. The van der Waals surface area contributed by atoms with Gasteiger partial charge in [-0.15, -0.1) is 0 Å². The molecule has 0 aliphatic rings. The van der Waals surface area contributed by atoms with Crippen molar-refractivity contribution in [1.29, 1.82) is 0 Å². The van der Waals surface area contributed by atoms with Crippen LogP contribution in [0.5, 0.6) is 11.6 Å². The third kappa shape index (κ3) is 2.68. The van der Waals surface area contributed by atoms with E-state index in [-0.39, 0.29) is 11.0 Å². The Balaban J connectivity index is 2.27. The molecule has 1 aromatic carbocycles. The quantitative estimate of drug-likeness (QED) is 0.791. The molecule has 0 unspecified atom stereocenters. The molecule has 2 rings (SSSR count). The average Bonchev–Trinajstić information content (AvgIpc) is 2.22. The number of halogens is 3. The van der Waals surface area contributed by atoms with E-state index in [0.29, 0.717) is 16.1 Å². The molecule has 2 aromatic rings. The Morgan fingerprint density at radius 3 is 2.75 bits per heavy atom. The first-order valence-corrected chi connectivity index (χ1v) is 5.43. The number of hydrogen-bond acceptors (Lipinski definition) is 3. The monoisotopic (exact) mass is 302 g/mol. The first-order chi connectivity index (χ1) is 7.65. The zero-order chi connectivity index (χ0) is 11.5. The lowest BCUT2D eigenvalue weighted by molar-refractivity contribution is 0.457. The predicted octanol–water partition coefficient (Wildman–Crippen LogP) is 3.82. The molecule has 0 saturated heterocycles. The zero-order valence-corrected chi connectivity index (χ0v) is 10.2. The van der Waals surface area contributed by atoms with Gasteiger partial charge in [0.25, 0.3) is 0 Å². The van der Waals surface area contributed by atoms with Crippen LogP contribution in [-0.4, -0.2) is 9.97 Å². The maximum atomic E-state index is 12.8. The van der Waals surface area contributed by atoms with Crippen molar-refractivity contribution < 1.29 is 9.13 Å². The molecule has 0 radical (unpaired) electrons. The Kier molecular flexibility index (Phi) is 3.36. The first-order valence-electron chi connectivity index (χ1n) is 4.25. The standard InChI is InChI=1S/C10H5BrClFN2O/c11-7-3-6(13)1-2-8(7)16-10-4-9(12)14-5-15-10/h1-5H. The molecule has 0 N–H and O–H groups in total. The Bertz CT molecular complexity index is 524. The van der Waals surface area contributed by atoms with Crippen LogP contribution in [-0.2, 0) is 0 Å². The molecule has 0 aliphatic carbocycles. The summed E-state index contributed by atoms with van der Waals surface area (Å²) in [5.74, 6) is 0.406. The lowest BCUT2D eigenvalue weighted by Crippen LogP contribution is -1.90. The van der Waals surface area contributed by atoms with Crippen LogP contribution in [0.3, 0.4) is 0 Å². The summed E-state index contributed by atoms with van der Waals surface area (Å²) in [6.45, 7) is 0. The third-order valence-electron chi connectivity index (χ3n) is 1.72. The van der Waals surface area contributed by atoms with Gasteiger partial charge in [-0.05, 0) is 34.1 Å². The van der Waals surface area contributed by atoms with Crippen LogP contribution in [0.1, 0.15) is 0 Å². The molecular formula is C10H5BrClFN2O. The molecule has 0 aliphatic heterocycles. The molecule has 0 atom stereocenters. The normalized spacial score (nSPS) is 10.2. The van der Waals surface area contributed by atoms with Crippen LogP contribution in [0.25, 0.3) is 0 Å². The molecule has 0 bridgehead atoms. The second-order valence-corrected chi connectivity index (χ2v) is 4.10. The molecule has 6 heteroatoms. The van der Waals surface area contributed by atoms with Gasteiger partial charge in [-0.25, -0.2) is 14.4 Å². The van der Waals surface area contributed by atoms with Crippen molar-refractivity contribution in [2.75, 3.05) is 0 Å². The fraction of sp³-hybridized carbons (Fsp3) is 0. The van der Waals surface area contributed by atoms with Crippen molar-refractivity contribution >= 4 is 27.5 Å². The van der Waals surface area contributed by atoms with Crippen molar-refractivity contribution in [3.63, 3.8) is 0 Å². The van der Waals surface area contributed by atoms with Crippen LogP contribution < -0.4 is 4.74 Å². The molecule has 16 heavy (non-hydrogen) atoms. The smallest absolute Gasteiger partial charge is 0.223 e. The predicted molar refractivity (Wildman–Crippen MR) is 61.2 cm³/mol. The topological polar surface area (TPSA) is 35.0 Å². The van der Waals surface area contributed by atoms with Crippen molar-refractivity contribution in [1.82, 2.24) is 9.97 Å². The molecule has 1 aromatic heterocycles. The van der Waals surface area contributed by atoms with Crippen LogP contribution in [0, 0.1) is 5.82 Å². The summed E-state index contributed by atoms with van der Waals surface area (Å²) in [7, 11) is 0. The van der Waals surface area contributed by atoms with E-state index in [9.17, 15) is 4.39 Å². The Labute approximate surface area is 104 Å². The van der Waals surface area contributed by atoms with Crippen molar-refractivity contribution in [3.8, 4) is 11.6 Å². The molecule has 0 spiro atoms. The van der Waals surface area contributed by atoms with E-state index in [1.165, 1.54) is 30.6 Å². The lowest BCUT2D eigenvalue weighted by atomic mass is 10.3. The summed E-state index contributed by atoms with van der Waals surface area (Å²) in [6.07, 6.45) is 1.29. The SMILES string of the molecule is Fc1ccc(Oc2cc(Cl)ncn2)c(Br)c1. The summed E-state index contributed by atoms with van der Waals surface area (Å²) >= 11 is 8.85. The fourth-order valence-electron chi connectivity index (χ4n) is 1.04. The highest BCUT2D eigenvalue weighted by Gasteiger charge is 2.05. The summed E-state index contributed by atoms with van der Waals surface area (Å²) in [5.41, 5.74) is 0. The van der Waals surface area contributed by atoms with Crippen LogP contribution in [0.2, 0.25) is 5.15 Å². The van der Waals surface area contributed by atoms with Crippen LogP contribution in [0.15, 0.2) is 35.1 Å². The van der Waals surface area contributed by atoms with Gasteiger partial charge < -0.3 is 4.74 Å². The van der Waals surface area contributed by atoms with Gasteiger partial charge in [-0.3, -0.25) is 0 Å². The van der Waals surface area contributed by atoms with Gasteiger partial charge in [0.05, 0.1) is 4.47 Å². The average molecular weight is 304 g/mol. The number of nitrogens with zero attached hydrogens (tertiary/aromatic N) is 2. The lowest BCUT2D eigenvalue weighted by Gasteiger charge is -2.06. The largest absolute Gasteiger partial charge is 0.438 e. The summed E-state index contributed by atoms with van der Waals surface area (Å²) < 4.78 is 18.7. The molecule has 1 heterocycles. The van der Waals surface area contributed by atoms with Gasteiger partial charge in [-0.1, -0.05) is 11.6 Å². The number of rotatable bonds is 2. The van der Waals surface area contributed by atoms with E-state index in [2.05, 4.69) is 25.9 Å². The van der Waals surface area contributed by atoms with Crippen LogP contribution >= 0.6 is 27.5 Å². The van der Waals surface area contributed by atoms with E-state index < -0.39 is 0 Å². The number of ether oxygens (including phenoxy) is 1. The highest BCUT2D eigenvalue weighted by Crippen LogP contribution is 2.29. The van der Waals surface area contributed by atoms with E-state index in [1.54, 1.807) is 0 Å². The van der Waals surface area contributed by atoms with Gasteiger partial charge in [-0.2, -0.15) is 0 Å². The van der Waals surface area contributed by atoms with Gasteiger partial charge >= 0.3 is 0 Å². The highest BCUT2D eigenvalue weighted by atomic mass is 79.9. The maximum Gasteiger partial charge on any atom is 0.223 e. The Morgan fingerprint density at radius 1 is 1.25 bits per heavy atom. The van der Waals surface area contributed by atoms with E-state index >= 15 is 0 Å². The summed E-state index contributed by atoms with van der Waals surface area (Å²) in [5, 5.41) is 0.281. The zero-order valence-electron chi connectivity index (χ0n) is 7.82. The maximum absolute atomic E-state index is 12.8. The number of benzene rings is 1. The van der Waals surface area contributed by atoms with Crippen molar-refractivity contribution in [3.05, 3.63) is 46.0 Å². The minimum absolute atomic E-state index is 0.281. The van der Waals surface area contributed by atoms with Crippen LogP contribution in [0.4, 0.5) is 4.39 Å². The second kappa shape index (κ2) is 4.76. The Hall–Kier alpha value is -1.20. The van der Waals surface area contributed by atoms with Gasteiger partial charge in [0.2, 0.25) is 5.88 Å². The van der Waals surface area contributed by atoms with E-state index in [0.717, 1.165) is 0 Å². The minimum Gasteiger partial charge on any atom is -0.438 e. The summed E-state index contributed by atoms with van der Waals surface area (Å²) in [6, 6.07) is 5.56. The van der Waals surface area contributed by atoms with E-state index in [1.807, 2.05) is 0 Å². The van der Waals surface area contributed by atoms with E-state index in [4.69, 9.17) is 16.3 Å².